The van der Waals surface area contributed by atoms with Crippen LogP contribution in [0.1, 0.15) is 37.0 Å². The third-order valence-electron chi connectivity index (χ3n) is 7.07. The molecule has 1 atom stereocenters. The molecule has 210 valence electrons. The van der Waals surface area contributed by atoms with E-state index in [1.807, 2.05) is 36.1 Å². The molecule has 0 spiro atoms. The van der Waals surface area contributed by atoms with Gasteiger partial charge in [-0.25, -0.2) is 18.5 Å². The molecule has 3 heterocycles. The topological polar surface area (TPSA) is 128 Å². The van der Waals surface area contributed by atoms with Gasteiger partial charge in [0.25, 0.3) is 5.56 Å². The maximum absolute atomic E-state index is 13.8. The van der Waals surface area contributed by atoms with E-state index in [1.165, 1.54) is 27.4 Å². The molecule has 2 aromatic carbocycles. The number of carbonyl (C=O) groups is 1. The van der Waals surface area contributed by atoms with Crippen LogP contribution in [0, 0.1) is 0 Å². The first-order valence-electron chi connectivity index (χ1n) is 13.4. The third kappa shape index (κ3) is 5.79. The Bertz CT molecular complexity index is 1650. The monoisotopic (exact) mass is 580 g/mol. The predicted octanol–water partition coefficient (Wildman–Crippen LogP) is 3.09. The summed E-state index contributed by atoms with van der Waals surface area (Å²) in [4.78, 5) is 32.3. The van der Waals surface area contributed by atoms with Crippen molar-refractivity contribution in [3.05, 3.63) is 81.8 Å². The van der Waals surface area contributed by atoms with Crippen LogP contribution in [-0.4, -0.2) is 59.5 Å². The number of thiazole rings is 1. The molecule has 0 radical (unpaired) electrons. The summed E-state index contributed by atoms with van der Waals surface area (Å²) in [5.74, 6) is -0.392. The number of sulfonamides is 1. The molecule has 0 aliphatic carbocycles. The first kappa shape index (κ1) is 27.9. The summed E-state index contributed by atoms with van der Waals surface area (Å²) in [7, 11) is -3.95. The van der Waals surface area contributed by atoms with E-state index in [0.717, 1.165) is 30.4 Å². The molecule has 0 unspecified atom stereocenters. The number of aryl methyl sites for hydroxylation is 2. The van der Waals surface area contributed by atoms with Crippen molar-refractivity contribution in [1.82, 2.24) is 24.8 Å². The molecule has 1 aliphatic heterocycles. The lowest BCUT2D eigenvalue weighted by atomic mass is 10.1. The third-order valence-corrected chi connectivity index (χ3v) is 10.1. The average Bonchev–Trinajstić information content (AvgIpc) is 3.42. The van der Waals surface area contributed by atoms with Gasteiger partial charge in [-0.15, -0.1) is 0 Å². The van der Waals surface area contributed by atoms with Crippen molar-refractivity contribution in [3.8, 4) is 0 Å². The van der Waals surface area contributed by atoms with Crippen LogP contribution in [-0.2, 0) is 34.2 Å². The van der Waals surface area contributed by atoms with Gasteiger partial charge in [-0.3, -0.25) is 9.59 Å². The van der Waals surface area contributed by atoms with Crippen molar-refractivity contribution in [2.45, 2.75) is 50.6 Å². The van der Waals surface area contributed by atoms with Gasteiger partial charge >= 0.3 is 0 Å². The number of H-pyrrole nitrogens is 1. The van der Waals surface area contributed by atoms with Crippen LogP contribution in [0.25, 0.3) is 10.2 Å². The molecular weight excluding hydrogens is 548 g/mol. The van der Waals surface area contributed by atoms with E-state index in [0.29, 0.717) is 21.9 Å². The standard InChI is InChI=1S/C28H32N6O4S2/c1-3-5-20-6-8-21(9-7-20)16-29-26(35)24-18-33(28-31-23-17-30-32-27(36)25(23)39-28)14-15-34(24)40(37,38)22-12-10-19(4-2)11-13-22/h6-13,17,24H,3-5,14-16,18H2,1-2H3,(H,29,35)(H,32,36)/t24-/m1/s1. The maximum Gasteiger partial charge on any atom is 0.283 e. The van der Waals surface area contributed by atoms with Crippen molar-refractivity contribution < 1.29 is 13.2 Å². The second-order valence-electron chi connectivity index (χ2n) is 9.77. The first-order valence-corrected chi connectivity index (χ1v) is 15.6. The summed E-state index contributed by atoms with van der Waals surface area (Å²) in [5, 5.41) is 9.71. The van der Waals surface area contributed by atoms with E-state index in [2.05, 4.69) is 27.4 Å². The second kappa shape index (κ2) is 11.9. The molecule has 1 aliphatic rings. The Hall–Kier alpha value is -3.61. The van der Waals surface area contributed by atoms with E-state index in [4.69, 9.17) is 0 Å². The molecule has 0 bridgehead atoms. The maximum atomic E-state index is 13.8. The zero-order valence-corrected chi connectivity index (χ0v) is 24.1. The SMILES string of the molecule is CCCc1ccc(CNC(=O)[C@H]2CN(c3nc4cn[nH]c(=O)c4s3)CCN2S(=O)(=O)c2ccc(CC)cc2)cc1. The molecule has 5 rings (SSSR count). The number of nitrogens with zero attached hydrogens (tertiary/aromatic N) is 4. The van der Waals surface area contributed by atoms with Crippen LogP contribution in [0.15, 0.2) is 64.4 Å². The summed E-state index contributed by atoms with van der Waals surface area (Å²) < 4.78 is 29.2. The molecule has 1 amide bonds. The van der Waals surface area contributed by atoms with Crippen LogP contribution >= 0.6 is 11.3 Å². The highest BCUT2D eigenvalue weighted by molar-refractivity contribution is 7.89. The number of rotatable bonds is 9. The number of benzene rings is 2. The first-order chi connectivity index (χ1) is 19.3. The highest BCUT2D eigenvalue weighted by Gasteiger charge is 2.41. The Morgan fingerprint density at radius 2 is 1.75 bits per heavy atom. The Morgan fingerprint density at radius 1 is 1.05 bits per heavy atom. The summed E-state index contributed by atoms with van der Waals surface area (Å²) in [6.07, 6.45) is 4.32. The average molecular weight is 581 g/mol. The summed E-state index contributed by atoms with van der Waals surface area (Å²) in [5.41, 5.74) is 3.32. The second-order valence-corrected chi connectivity index (χ2v) is 12.6. The number of amides is 1. The van der Waals surface area contributed by atoms with Crippen molar-refractivity contribution in [2.24, 2.45) is 0 Å². The number of piperazine rings is 1. The van der Waals surface area contributed by atoms with Crippen LogP contribution < -0.4 is 15.8 Å². The number of carbonyl (C=O) groups excluding carboxylic acids is 1. The fraction of sp³-hybridized carbons (Fsp3) is 0.357. The minimum Gasteiger partial charge on any atom is -0.351 e. The number of aromatic nitrogens is 3. The van der Waals surface area contributed by atoms with E-state index in [-0.39, 0.29) is 30.1 Å². The van der Waals surface area contributed by atoms with Gasteiger partial charge in [0.15, 0.2) is 5.13 Å². The van der Waals surface area contributed by atoms with Crippen LogP contribution in [0.2, 0.25) is 0 Å². The Balaban J connectivity index is 1.41. The fourth-order valence-electron chi connectivity index (χ4n) is 4.80. The lowest BCUT2D eigenvalue weighted by molar-refractivity contribution is -0.125. The van der Waals surface area contributed by atoms with Gasteiger partial charge in [0, 0.05) is 26.2 Å². The lowest BCUT2D eigenvalue weighted by Gasteiger charge is -2.39. The van der Waals surface area contributed by atoms with Gasteiger partial charge in [-0.05, 0) is 41.7 Å². The molecule has 1 fully saturated rings. The number of hydrogen-bond acceptors (Lipinski definition) is 8. The zero-order chi connectivity index (χ0) is 28.3. The van der Waals surface area contributed by atoms with Gasteiger partial charge in [0.1, 0.15) is 16.3 Å². The number of fused-ring (bicyclic) bond motifs is 1. The van der Waals surface area contributed by atoms with Gasteiger partial charge in [-0.1, -0.05) is 68.0 Å². The predicted molar refractivity (Wildman–Crippen MR) is 156 cm³/mol. The molecular formula is C28H32N6O4S2. The summed E-state index contributed by atoms with van der Waals surface area (Å²) >= 11 is 1.20. The van der Waals surface area contributed by atoms with E-state index in [9.17, 15) is 18.0 Å². The van der Waals surface area contributed by atoms with Gasteiger partial charge in [0.2, 0.25) is 15.9 Å². The zero-order valence-electron chi connectivity index (χ0n) is 22.5. The Morgan fingerprint density at radius 3 is 2.42 bits per heavy atom. The fourth-order valence-corrected chi connectivity index (χ4v) is 7.33. The minimum absolute atomic E-state index is 0.0895. The number of aromatic amines is 1. The Labute approximate surface area is 237 Å². The summed E-state index contributed by atoms with van der Waals surface area (Å²) in [6.45, 7) is 4.92. The van der Waals surface area contributed by atoms with Gasteiger partial charge in [-0.2, -0.15) is 9.40 Å². The highest BCUT2D eigenvalue weighted by atomic mass is 32.2. The quantitative estimate of drug-likeness (QED) is 0.311. The van der Waals surface area contributed by atoms with Crippen molar-refractivity contribution in [2.75, 3.05) is 24.5 Å². The molecule has 12 heteroatoms. The largest absolute Gasteiger partial charge is 0.351 e. The normalized spacial score (nSPS) is 16.4. The molecule has 10 nitrogen and oxygen atoms in total. The van der Waals surface area contributed by atoms with E-state index in [1.54, 1.807) is 24.3 Å². The molecule has 2 N–H and O–H groups in total. The Kier molecular flexibility index (Phi) is 8.29. The van der Waals surface area contributed by atoms with Crippen LogP contribution in [0.3, 0.4) is 0 Å². The van der Waals surface area contributed by atoms with Crippen molar-refractivity contribution in [1.29, 1.82) is 0 Å². The number of anilines is 1. The van der Waals surface area contributed by atoms with E-state index < -0.39 is 22.0 Å². The van der Waals surface area contributed by atoms with Gasteiger partial charge < -0.3 is 10.2 Å². The number of hydrogen-bond donors (Lipinski definition) is 2. The summed E-state index contributed by atoms with van der Waals surface area (Å²) in [6, 6.07) is 13.9. The van der Waals surface area contributed by atoms with Crippen LogP contribution in [0.5, 0.6) is 0 Å². The highest BCUT2D eigenvalue weighted by Crippen LogP contribution is 2.30. The number of nitrogens with one attached hydrogen (secondary N) is 2. The van der Waals surface area contributed by atoms with Crippen molar-refractivity contribution >= 4 is 42.6 Å². The van der Waals surface area contributed by atoms with Crippen LogP contribution in [0.4, 0.5) is 5.13 Å². The molecule has 2 aromatic heterocycles. The molecule has 4 aromatic rings. The molecule has 1 saturated heterocycles. The van der Waals surface area contributed by atoms with Gasteiger partial charge in [0.05, 0.1) is 11.1 Å². The molecule has 40 heavy (non-hydrogen) atoms. The van der Waals surface area contributed by atoms with E-state index >= 15 is 0 Å². The molecule has 0 saturated carbocycles. The minimum atomic E-state index is -3.95. The lowest BCUT2D eigenvalue weighted by Crippen LogP contribution is -2.60. The van der Waals surface area contributed by atoms with Crippen molar-refractivity contribution in [3.63, 3.8) is 0 Å². The smallest absolute Gasteiger partial charge is 0.283 e.